The second kappa shape index (κ2) is 7.80. The van der Waals surface area contributed by atoms with E-state index in [0.29, 0.717) is 25.4 Å². The van der Waals surface area contributed by atoms with Gasteiger partial charge in [0.05, 0.1) is 0 Å². The van der Waals surface area contributed by atoms with E-state index in [4.69, 9.17) is 9.47 Å². The van der Waals surface area contributed by atoms with Crippen molar-refractivity contribution in [3.8, 4) is 5.75 Å². The average molecular weight is 414 g/mol. The molecule has 0 spiro atoms. The number of benzene rings is 3. The molecular formula is C25H22N2O4. The first-order valence-electron chi connectivity index (χ1n) is 10.3. The Hall–Kier alpha value is -3.80. The lowest BCUT2D eigenvalue weighted by atomic mass is 9.79. The molecule has 2 saturated heterocycles. The predicted molar refractivity (Wildman–Crippen MR) is 115 cm³/mol. The van der Waals surface area contributed by atoms with Gasteiger partial charge >= 0.3 is 12.2 Å². The summed E-state index contributed by atoms with van der Waals surface area (Å²) >= 11 is 0. The van der Waals surface area contributed by atoms with Crippen molar-refractivity contribution in [3.05, 3.63) is 102 Å². The van der Waals surface area contributed by atoms with Gasteiger partial charge in [-0.15, -0.1) is 0 Å². The molecule has 3 aromatic carbocycles. The maximum absolute atomic E-state index is 12.9. The highest BCUT2D eigenvalue weighted by Gasteiger charge is 2.58. The fraction of sp³-hybridized carbons (Fsp3) is 0.200. The minimum atomic E-state index is -1.01. The summed E-state index contributed by atoms with van der Waals surface area (Å²) in [6.07, 6.45) is -0.797. The lowest BCUT2D eigenvalue weighted by Crippen LogP contribution is -2.58. The Bertz CT molecular complexity index is 1030. The normalized spacial score (nSPS) is 19.5. The van der Waals surface area contributed by atoms with Gasteiger partial charge in [-0.05, 0) is 12.1 Å². The highest BCUT2D eigenvalue weighted by atomic mass is 16.6. The molecule has 0 bridgehead atoms. The standard InChI is InChI=1S/C25H22N2O4/c28-23(30-21-14-8-3-9-15-21)26-16-17-27-22(18-26)25(31-24(27)29,19-10-4-1-5-11-19)20-12-6-2-7-13-20/h1-15,22H,16-18H2. The predicted octanol–water partition coefficient (Wildman–Crippen LogP) is 4.27. The first-order valence-corrected chi connectivity index (χ1v) is 10.3. The van der Waals surface area contributed by atoms with Crippen LogP contribution >= 0.6 is 0 Å². The summed E-state index contributed by atoms with van der Waals surface area (Å²) < 4.78 is 11.7. The number of cyclic esters (lactones) is 1. The first-order chi connectivity index (χ1) is 15.2. The van der Waals surface area contributed by atoms with Gasteiger partial charge in [-0.25, -0.2) is 9.59 Å². The van der Waals surface area contributed by atoms with Crippen molar-refractivity contribution < 1.29 is 19.1 Å². The van der Waals surface area contributed by atoms with Crippen LogP contribution in [-0.4, -0.2) is 47.7 Å². The number of nitrogens with zero attached hydrogens (tertiary/aromatic N) is 2. The van der Waals surface area contributed by atoms with E-state index in [1.807, 2.05) is 78.9 Å². The molecule has 0 aliphatic carbocycles. The number of hydrogen-bond donors (Lipinski definition) is 0. The van der Waals surface area contributed by atoms with Crippen LogP contribution in [0, 0.1) is 0 Å². The third-order valence-corrected chi connectivity index (χ3v) is 5.94. The Labute approximate surface area is 180 Å². The number of rotatable bonds is 3. The minimum absolute atomic E-state index is 0.307. The maximum atomic E-state index is 12.9. The lowest BCUT2D eigenvalue weighted by molar-refractivity contribution is 0.0456. The molecule has 31 heavy (non-hydrogen) atoms. The molecule has 0 saturated carbocycles. The zero-order valence-corrected chi connectivity index (χ0v) is 16.9. The topological polar surface area (TPSA) is 59.1 Å². The summed E-state index contributed by atoms with van der Waals surface area (Å²) in [5.41, 5.74) is 0.742. The number of carbonyl (C=O) groups excluding carboxylic acids is 2. The second-order valence-electron chi connectivity index (χ2n) is 7.67. The van der Waals surface area contributed by atoms with Crippen molar-refractivity contribution in [1.29, 1.82) is 0 Å². The van der Waals surface area contributed by atoms with Gasteiger partial charge in [0.15, 0.2) is 5.60 Å². The number of amides is 2. The highest BCUT2D eigenvalue weighted by molar-refractivity contribution is 5.76. The first kappa shape index (κ1) is 19.2. The summed E-state index contributed by atoms with van der Waals surface area (Å²) in [6.45, 7) is 1.08. The fourth-order valence-electron chi connectivity index (χ4n) is 4.47. The smallest absolute Gasteiger partial charge is 0.415 e. The van der Waals surface area contributed by atoms with Crippen LogP contribution in [0.5, 0.6) is 5.75 Å². The molecule has 156 valence electrons. The van der Waals surface area contributed by atoms with Gasteiger partial charge in [0.1, 0.15) is 11.8 Å². The molecule has 0 N–H and O–H groups in total. The highest BCUT2D eigenvalue weighted by Crippen LogP contribution is 2.45. The Morgan fingerprint density at radius 2 is 1.39 bits per heavy atom. The van der Waals surface area contributed by atoms with Crippen molar-refractivity contribution in [3.63, 3.8) is 0 Å². The number of piperazine rings is 1. The summed E-state index contributed by atoms with van der Waals surface area (Å²) in [6, 6.07) is 28.1. The van der Waals surface area contributed by atoms with Crippen LogP contribution in [-0.2, 0) is 10.3 Å². The monoisotopic (exact) mass is 414 g/mol. The van der Waals surface area contributed by atoms with E-state index >= 15 is 0 Å². The van der Waals surface area contributed by atoms with Crippen LogP contribution in [0.3, 0.4) is 0 Å². The molecule has 5 rings (SSSR count). The summed E-state index contributed by atoms with van der Waals surface area (Å²) in [4.78, 5) is 29.2. The average Bonchev–Trinajstić information content (AvgIpc) is 3.13. The van der Waals surface area contributed by atoms with E-state index in [2.05, 4.69) is 0 Å². The molecule has 6 heteroatoms. The molecule has 3 aromatic rings. The van der Waals surface area contributed by atoms with Gasteiger partial charge in [-0.1, -0.05) is 78.9 Å². The van der Waals surface area contributed by atoms with E-state index in [1.165, 1.54) is 0 Å². The molecule has 0 aromatic heterocycles. The van der Waals surface area contributed by atoms with Crippen molar-refractivity contribution >= 4 is 12.2 Å². The zero-order chi connectivity index (χ0) is 21.3. The minimum Gasteiger partial charge on any atom is -0.431 e. The Balaban J connectivity index is 1.51. The largest absolute Gasteiger partial charge is 0.431 e. The van der Waals surface area contributed by atoms with Gasteiger partial charge in [0.25, 0.3) is 0 Å². The van der Waals surface area contributed by atoms with Crippen molar-refractivity contribution in [1.82, 2.24) is 9.80 Å². The lowest BCUT2D eigenvalue weighted by Gasteiger charge is -2.41. The van der Waals surface area contributed by atoms with Crippen molar-refractivity contribution in [2.45, 2.75) is 11.6 Å². The number of ether oxygens (including phenoxy) is 2. The van der Waals surface area contributed by atoms with E-state index in [1.54, 1.807) is 21.9 Å². The van der Waals surface area contributed by atoms with Crippen LogP contribution in [0.15, 0.2) is 91.0 Å². The fourth-order valence-corrected chi connectivity index (χ4v) is 4.47. The Kier molecular flexibility index (Phi) is 4.82. The van der Waals surface area contributed by atoms with E-state index < -0.39 is 11.7 Å². The van der Waals surface area contributed by atoms with Gasteiger partial charge in [-0.2, -0.15) is 0 Å². The molecule has 0 radical (unpaired) electrons. The number of para-hydroxylation sites is 1. The maximum Gasteiger partial charge on any atom is 0.415 e. The summed E-state index contributed by atoms with van der Waals surface area (Å²) in [5, 5.41) is 0. The van der Waals surface area contributed by atoms with E-state index in [-0.39, 0.29) is 12.1 Å². The van der Waals surface area contributed by atoms with Crippen LogP contribution in [0.2, 0.25) is 0 Å². The van der Waals surface area contributed by atoms with Crippen LogP contribution < -0.4 is 4.74 Å². The molecule has 1 unspecified atom stereocenters. The molecule has 2 fully saturated rings. The number of carbonyl (C=O) groups is 2. The Morgan fingerprint density at radius 1 is 0.839 bits per heavy atom. The van der Waals surface area contributed by atoms with E-state index in [0.717, 1.165) is 11.1 Å². The molecule has 2 aliphatic heterocycles. The molecular weight excluding hydrogens is 392 g/mol. The third-order valence-electron chi connectivity index (χ3n) is 5.94. The van der Waals surface area contributed by atoms with Crippen LogP contribution in [0.25, 0.3) is 0 Å². The SMILES string of the molecule is O=C(Oc1ccccc1)N1CCN2C(=O)OC(c3ccccc3)(c3ccccc3)C2C1. The van der Waals surface area contributed by atoms with Gasteiger partial charge in [0, 0.05) is 30.8 Å². The summed E-state index contributed by atoms with van der Waals surface area (Å²) in [5.74, 6) is 0.492. The number of hydrogen-bond acceptors (Lipinski definition) is 4. The quantitative estimate of drug-likeness (QED) is 0.642. The molecule has 2 aliphatic rings. The molecule has 2 heterocycles. The van der Waals surface area contributed by atoms with Gasteiger partial charge in [0.2, 0.25) is 0 Å². The zero-order valence-electron chi connectivity index (χ0n) is 16.9. The molecule has 6 nitrogen and oxygen atoms in total. The van der Waals surface area contributed by atoms with Crippen LogP contribution in [0.1, 0.15) is 11.1 Å². The summed E-state index contributed by atoms with van der Waals surface area (Å²) in [7, 11) is 0. The van der Waals surface area contributed by atoms with Crippen molar-refractivity contribution in [2.24, 2.45) is 0 Å². The second-order valence-corrected chi connectivity index (χ2v) is 7.67. The van der Waals surface area contributed by atoms with E-state index in [9.17, 15) is 9.59 Å². The van der Waals surface area contributed by atoms with Gasteiger partial charge < -0.3 is 14.4 Å². The van der Waals surface area contributed by atoms with Gasteiger partial charge in [-0.3, -0.25) is 4.90 Å². The van der Waals surface area contributed by atoms with Crippen molar-refractivity contribution in [2.75, 3.05) is 19.6 Å². The number of fused-ring (bicyclic) bond motifs is 1. The molecule has 2 amide bonds. The van der Waals surface area contributed by atoms with Crippen LogP contribution in [0.4, 0.5) is 9.59 Å². The Morgan fingerprint density at radius 3 is 1.97 bits per heavy atom. The molecule has 1 atom stereocenters. The third kappa shape index (κ3) is 3.30.